The van der Waals surface area contributed by atoms with Crippen molar-refractivity contribution in [2.75, 3.05) is 6.61 Å². The Bertz CT molecular complexity index is 1060. The Morgan fingerprint density at radius 1 is 0.735 bits per heavy atom. The molecule has 3 atom stereocenters. The van der Waals surface area contributed by atoms with E-state index >= 15 is 0 Å². The van der Waals surface area contributed by atoms with E-state index in [1.165, 1.54) is 0 Å². The molecule has 1 unspecified atom stereocenters. The SMILES string of the molecule is O=[N+]([O-])C1=CO[C@H](COCc2ccccc2)C(OCc2ccccc2)[C@@H]1OCc1ccccc1. The lowest BCUT2D eigenvalue weighted by atomic mass is 10.0. The van der Waals surface area contributed by atoms with Gasteiger partial charge in [0.25, 0.3) is 0 Å². The Balaban J connectivity index is 1.50. The largest absolute Gasteiger partial charge is 0.486 e. The molecule has 7 heteroatoms. The van der Waals surface area contributed by atoms with E-state index < -0.39 is 23.2 Å². The first kappa shape index (κ1) is 23.6. The van der Waals surface area contributed by atoms with Gasteiger partial charge in [0.1, 0.15) is 6.10 Å². The molecule has 3 aromatic carbocycles. The van der Waals surface area contributed by atoms with Crippen LogP contribution in [0.25, 0.3) is 0 Å². The maximum Gasteiger partial charge on any atom is 0.311 e. The summed E-state index contributed by atoms with van der Waals surface area (Å²) >= 11 is 0. The van der Waals surface area contributed by atoms with Crippen LogP contribution in [0.15, 0.2) is 103 Å². The molecule has 4 rings (SSSR count). The summed E-state index contributed by atoms with van der Waals surface area (Å²) in [7, 11) is 0. The van der Waals surface area contributed by atoms with Gasteiger partial charge in [-0.1, -0.05) is 91.0 Å². The summed E-state index contributed by atoms with van der Waals surface area (Å²) in [5.74, 6) is 0. The van der Waals surface area contributed by atoms with Crippen LogP contribution in [-0.2, 0) is 38.8 Å². The summed E-state index contributed by atoms with van der Waals surface area (Å²) < 4.78 is 23.9. The molecule has 0 N–H and O–H groups in total. The molecule has 0 amide bonds. The molecule has 0 saturated heterocycles. The highest BCUT2D eigenvalue weighted by Crippen LogP contribution is 2.27. The molecule has 1 heterocycles. The zero-order chi connectivity index (χ0) is 23.6. The third-order valence-electron chi connectivity index (χ3n) is 5.48. The highest BCUT2D eigenvalue weighted by molar-refractivity contribution is 5.16. The predicted molar refractivity (Wildman–Crippen MR) is 126 cm³/mol. The molecule has 0 saturated carbocycles. The molecule has 0 spiro atoms. The van der Waals surface area contributed by atoms with Crippen LogP contribution in [0.5, 0.6) is 0 Å². The van der Waals surface area contributed by atoms with Crippen LogP contribution in [0.3, 0.4) is 0 Å². The fourth-order valence-corrected chi connectivity index (χ4v) is 3.71. The van der Waals surface area contributed by atoms with Crippen molar-refractivity contribution in [3.8, 4) is 0 Å². The Morgan fingerprint density at radius 3 is 1.76 bits per heavy atom. The van der Waals surface area contributed by atoms with Crippen LogP contribution >= 0.6 is 0 Å². The molecule has 0 bridgehead atoms. The summed E-state index contributed by atoms with van der Waals surface area (Å²) in [6.07, 6.45) is -1.06. The van der Waals surface area contributed by atoms with Crippen molar-refractivity contribution in [3.05, 3.63) is 130 Å². The van der Waals surface area contributed by atoms with Crippen molar-refractivity contribution in [1.82, 2.24) is 0 Å². The Labute approximate surface area is 198 Å². The molecule has 1 aliphatic heterocycles. The fourth-order valence-electron chi connectivity index (χ4n) is 3.71. The van der Waals surface area contributed by atoms with E-state index in [9.17, 15) is 10.1 Å². The smallest absolute Gasteiger partial charge is 0.311 e. The normalized spacial score (nSPS) is 19.8. The lowest BCUT2D eigenvalue weighted by molar-refractivity contribution is -0.447. The van der Waals surface area contributed by atoms with Crippen LogP contribution in [0.2, 0.25) is 0 Å². The Kier molecular flexibility index (Phi) is 8.40. The maximum atomic E-state index is 11.8. The molecule has 0 radical (unpaired) electrons. The zero-order valence-electron chi connectivity index (χ0n) is 18.7. The zero-order valence-corrected chi connectivity index (χ0v) is 18.7. The third kappa shape index (κ3) is 6.51. The van der Waals surface area contributed by atoms with Gasteiger partial charge in [-0.2, -0.15) is 0 Å². The predicted octanol–water partition coefficient (Wildman–Crippen LogP) is 4.89. The lowest BCUT2D eigenvalue weighted by Crippen LogP contribution is -2.49. The monoisotopic (exact) mass is 461 g/mol. The molecular formula is C27H27NO6. The summed E-state index contributed by atoms with van der Waals surface area (Å²) in [6.45, 7) is 1.06. The second-order valence-corrected chi connectivity index (χ2v) is 7.95. The van der Waals surface area contributed by atoms with Crippen molar-refractivity contribution in [2.45, 2.75) is 38.1 Å². The quantitative estimate of drug-likeness (QED) is 0.299. The van der Waals surface area contributed by atoms with Crippen molar-refractivity contribution >= 4 is 0 Å². The van der Waals surface area contributed by atoms with Gasteiger partial charge in [0, 0.05) is 0 Å². The number of rotatable bonds is 11. The first-order chi connectivity index (χ1) is 16.7. The number of nitrogens with zero attached hydrogens (tertiary/aromatic N) is 1. The number of nitro groups is 1. The minimum absolute atomic E-state index is 0.173. The summed E-state index contributed by atoms with van der Waals surface area (Å²) in [4.78, 5) is 11.3. The Hall–Kier alpha value is -3.52. The van der Waals surface area contributed by atoms with Gasteiger partial charge in [0.15, 0.2) is 18.5 Å². The minimum Gasteiger partial charge on any atom is -0.486 e. The number of benzene rings is 3. The topological polar surface area (TPSA) is 80.1 Å². The summed E-state index contributed by atoms with van der Waals surface area (Å²) in [5.41, 5.74) is 2.72. The van der Waals surface area contributed by atoms with Crippen molar-refractivity contribution in [3.63, 3.8) is 0 Å². The van der Waals surface area contributed by atoms with E-state index in [1.807, 2.05) is 91.0 Å². The molecule has 34 heavy (non-hydrogen) atoms. The van der Waals surface area contributed by atoms with Gasteiger partial charge in [-0.3, -0.25) is 10.1 Å². The standard InChI is InChI=1S/C27H27NO6/c29-28(30)24-19-32-25(20-31-16-21-10-4-1-5-11-21)27(34-18-23-14-8-3-9-15-23)26(24)33-17-22-12-6-2-7-13-22/h1-15,19,25-27H,16-18,20H2/t25-,26-,27?/m1/s1. The van der Waals surface area contributed by atoms with E-state index in [-0.39, 0.29) is 25.5 Å². The van der Waals surface area contributed by atoms with Gasteiger partial charge in [0.05, 0.1) is 31.4 Å². The summed E-state index contributed by atoms with van der Waals surface area (Å²) in [6, 6.07) is 29.0. The summed E-state index contributed by atoms with van der Waals surface area (Å²) in [5, 5.41) is 11.8. The average molecular weight is 462 g/mol. The van der Waals surface area contributed by atoms with Crippen LogP contribution in [0, 0.1) is 10.1 Å². The van der Waals surface area contributed by atoms with E-state index in [4.69, 9.17) is 18.9 Å². The van der Waals surface area contributed by atoms with Crippen molar-refractivity contribution in [2.24, 2.45) is 0 Å². The number of ether oxygens (including phenoxy) is 4. The molecular weight excluding hydrogens is 434 g/mol. The van der Waals surface area contributed by atoms with Gasteiger partial charge in [0.2, 0.25) is 0 Å². The molecule has 0 aromatic heterocycles. The van der Waals surface area contributed by atoms with E-state index in [1.54, 1.807) is 0 Å². The van der Waals surface area contributed by atoms with Gasteiger partial charge in [-0.25, -0.2) is 0 Å². The minimum atomic E-state index is -0.919. The first-order valence-electron chi connectivity index (χ1n) is 11.1. The van der Waals surface area contributed by atoms with Crippen LogP contribution in [0.4, 0.5) is 0 Å². The van der Waals surface area contributed by atoms with Crippen LogP contribution in [-0.4, -0.2) is 29.8 Å². The highest BCUT2D eigenvalue weighted by Gasteiger charge is 2.44. The first-order valence-corrected chi connectivity index (χ1v) is 11.1. The van der Waals surface area contributed by atoms with Gasteiger partial charge in [-0.15, -0.1) is 0 Å². The van der Waals surface area contributed by atoms with Crippen molar-refractivity contribution in [1.29, 1.82) is 0 Å². The van der Waals surface area contributed by atoms with E-state index in [2.05, 4.69) is 0 Å². The van der Waals surface area contributed by atoms with Gasteiger partial charge >= 0.3 is 5.70 Å². The number of hydrogen-bond donors (Lipinski definition) is 0. The molecule has 176 valence electrons. The van der Waals surface area contributed by atoms with Crippen LogP contribution in [0.1, 0.15) is 16.7 Å². The highest BCUT2D eigenvalue weighted by atomic mass is 16.6. The lowest BCUT2D eigenvalue weighted by Gasteiger charge is -2.34. The van der Waals surface area contributed by atoms with E-state index in [0.29, 0.717) is 6.61 Å². The van der Waals surface area contributed by atoms with E-state index in [0.717, 1.165) is 23.0 Å². The van der Waals surface area contributed by atoms with Crippen molar-refractivity contribution < 1.29 is 23.9 Å². The average Bonchev–Trinajstić information content (AvgIpc) is 2.88. The molecule has 7 nitrogen and oxygen atoms in total. The molecule has 0 aliphatic carbocycles. The third-order valence-corrected chi connectivity index (χ3v) is 5.48. The molecule has 0 fully saturated rings. The van der Waals surface area contributed by atoms with Gasteiger partial charge in [-0.05, 0) is 16.7 Å². The second-order valence-electron chi connectivity index (χ2n) is 7.95. The molecule has 1 aliphatic rings. The maximum absolute atomic E-state index is 11.8. The molecule has 3 aromatic rings. The van der Waals surface area contributed by atoms with Gasteiger partial charge < -0.3 is 18.9 Å². The fraction of sp³-hybridized carbons (Fsp3) is 0.259. The number of hydrogen-bond acceptors (Lipinski definition) is 6. The second kappa shape index (κ2) is 12.1. The Morgan fingerprint density at radius 2 is 1.24 bits per heavy atom. The van der Waals surface area contributed by atoms with Crippen LogP contribution < -0.4 is 0 Å².